The zero-order valence-corrected chi connectivity index (χ0v) is 22.1. The Morgan fingerprint density at radius 2 is 1.88 bits per heavy atom. The maximum Gasteiger partial charge on any atom is 0.323 e. The molecule has 0 bridgehead atoms. The van der Waals surface area contributed by atoms with Crippen LogP contribution < -0.4 is 0 Å². The van der Waals surface area contributed by atoms with Gasteiger partial charge >= 0.3 is 5.97 Å². The number of aliphatic carboxylic acids is 1. The number of aliphatic hydroxyl groups is 1. The van der Waals surface area contributed by atoms with Crippen molar-refractivity contribution in [2.45, 2.75) is 42.2 Å². The first kappa shape index (κ1) is 25.0. The molecule has 1 fully saturated rings. The Labute approximate surface area is 221 Å². The van der Waals surface area contributed by atoms with Crippen molar-refractivity contribution < 1.29 is 19.8 Å². The zero-order valence-electron chi connectivity index (χ0n) is 18.4. The summed E-state index contributed by atoms with van der Waals surface area (Å²) in [6.07, 6.45) is -0.145. The van der Waals surface area contributed by atoms with Gasteiger partial charge in [-0.15, -0.1) is 11.8 Å². The van der Waals surface area contributed by atoms with Gasteiger partial charge in [0, 0.05) is 20.0 Å². The maximum absolute atomic E-state index is 13.4. The lowest BCUT2D eigenvalue weighted by Crippen LogP contribution is -2.42. The lowest BCUT2D eigenvalue weighted by molar-refractivity contribution is -0.140. The van der Waals surface area contributed by atoms with E-state index in [9.17, 15) is 19.8 Å². The van der Waals surface area contributed by atoms with E-state index < -0.39 is 16.8 Å². The summed E-state index contributed by atoms with van der Waals surface area (Å²) >= 11 is 9.77. The Balaban J connectivity index is 1.86. The Kier molecular flexibility index (Phi) is 7.57. The number of hydrogen-bond donors (Lipinski definition) is 2. The molecule has 3 aromatic rings. The van der Waals surface area contributed by atoms with E-state index in [-0.39, 0.29) is 25.5 Å². The largest absolute Gasteiger partial charge is 0.480 e. The fourth-order valence-electron chi connectivity index (χ4n) is 4.26. The predicted molar refractivity (Wildman–Crippen MR) is 142 cm³/mol. The summed E-state index contributed by atoms with van der Waals surface area (Å²) in [6, 6.07) is 19.6. The standard InChI is InChI=1S/C26H23ClINO4S/c1-16-6-9-19(10-7-16)34-26(25(32)33)13-23(31)29(14-18-4-2-3-5-21(18)27)24(26)20-11-8-17(15-30)12-22(20)28/h2-12,24,30H,13-15H2,1H3,(H,32,33)/t24-,26-/m1/s1. The summed E-state index contributed by atoms with van der Waals surface area (Å²) in [5.74, 6) is -1.28. The molecule has 0 spiro atoms. The van der Waals surface area contributed by atoms with Crippen molar-refractivity contribution in [2.75, 3.05) is 0 Å². The van der Waals surface area contributed by atoms with Crippen LogP contribution in [-0.4, -0.2) is 31.7 Å². The van der Waals surface area contributed by atoms with Gasteiger partial charge in [-0.2, -0.15) is 0 Å². The first-order valence-electron chi connectivity index (χ1n) is 10.7. The van der Waals surface area contributed by atoms with E-state index in [1.165, 1.54) is 11.8 Å². The topological polar surface area (TPSA) is 77.8 Å². The van der Waals surface area contributed by atoms with E-state index in [1.807, 2.05) is 61.5 Å². The van der Waals surface area contributed by atoms with Gasteiger partial charge in [-0.1, -0.05) is 59.6 Å². The molecule has 2 N–H and O–H groups in total. The lowest BCUT2D eigenvalue weighted by Gasteiger charge is -2.35. The third-order valence-corrected chi connectivity index (χ3v) is 8.73. The molecule has 8 heteroatoms. The van der Waals surface area contributed by atoms with E-state index in [2.05, 4.69) is 22.6 Å². The Morgan fingerprint density at radius 3 is 2.50 bits per heavy atom. The number of rotatable bonds is 7. The van der Waals surface area contributed by atoms with Crippen LogP contribution >= 0.6 is 46.0 Å². The summed E-state index contributed by atoms with van der Waals surface area (Å²) in [5.41, 5.74) is 3.29. The quantitative estimate of drug-likeness (QED) is 0.331. The van der Waals surface area contributed by atoms with Crippen LogP contribution in [0.5, 0.6) is 0 Å². The number of halogens is 2. The van der Waals surface area contributed by atoms with E-state index in [0.29, 0.717) is 5.02 Å². The number of carbonyl (C=O) groups excluding carboxylic acids is 1. The number of carboxylic acid groups (broad SMARTS) is 1. The van der Waals surface area contributed by atoms with E-state index in [1.54, 1.807) is 17.0 Å². The van der Waals surface area contributed by atoms with Gasteiger partial charge in [0.05, 0.1) is 19.1 Å². The number of carboxylic acids is 1. The lowest BCUT2D eigenvalue weighted by atomic mass is 9.91. The number of hydrogen-bond acceptors (Lipinski definition) is 4. The van der Waals surface area contributed by atoms with Crippen LogP contribution in [-0.2, 0) is 22.7 Å². The fraction of sp³-hybridized carbons (Fsp3) is 0.231. The highest BCUT2D eigenvalue weighted by atomic mass is 127. The number of nitrogens with zero attached hydrogens (tertiary/aromatic N) is 1. The molecular weight excluding hydrogens is 585 g/mol. The van der Waals surface area contributed by atoms with Crippen molar-refractivity contribution in [3.8, 4) is 0 Å². The number of likely N-dealkylation sites (tertiary alicyclic amines) is 1. The van der Waals surface area contributed by atoms with Crippen LogP contribution in [0.2, 0.25) is 5.02 Å². The zero-order chi connectivity index (χ0) is 24.5. The van der Waals surface area contributed by atoms with Crippen molar-refractivity contribution in [3.05, 3.63) is 97.6 Å². The molecule has 4 rings (SSSR count). The van der Waals surface area contributed by atoms with Gasteiger partial charge in [0.15, 0.2) is 4.75 Å². The van der Waals surface area contributed by atoms with Crippen LogP contribution in [0.4, 0.5) is 0 Å². The molecule has 1 heterocycles. The minimum Gasteiger partial charge on any atom is -0.480 e. The number of aliphatic hydroxyl groups excluding tert-OH is 1. The first-order chi connectivity index (χ1) is 16.2. The summed E-state index contributed by atoms with van der Waals surface area (Å²) < 4.78 is -0.642. The Bertz CT molecular complexity index is 1240. The molecule has 0 unspecified atom stereocenters. The molecule has 0 saturated carbocycles. The highest BCUT2D eigenvalue weighted by Crippen LogP contribution is 2.54. The van der Waals surface area contributed by atoms with Gasteiger partial charge < -0.3 is 15.1 Å². The van der Waals surface area contributed by atoms with Crippen LogP contribution in [0.25, 0.3) is 0 Å². The van der Waals surface area contributed by atoms with Crippen molar-refractivity contribution in [2.24, 2.45) is 0 Å². The fourth-order valence-corrected chi connectivity index (χ4v) is 6.67. The van der Waals surface area contributed by atoms with Crippen molar-refractivity contribution in [3.63, 3.8) is 0 Å². The third-order valence-electron chi connectivity index (χ3n) is 6.01. The van der Waals surface area contributed by atoms with E-state index >= 15 is 0 Å². The molecule has 0 aliphatic carbocycles. The summed E-state index contributed by atoms with van der Waals surface area (Å²) in [7, 11) is 0. The monoisotopic (exact) mass is 607 g/mol. The Morgan fingerprint density at radius 1 is 1.18 bits per heavy atom. The van der Waals surface area contributed by atoms with Gasteiger partial charge in [-0.25, -0.2) is 0 Å². The SMILES string of the molecule is Cc1ccc(S[C@]2(C(=O)O)CC(=O)N(Cc3ccccc3Cl)[C@@H]2c2ccc(CO)cc2I)cc1. The smallest absolute Gasteiger partial charge is 0.323 e. The van der Waals surface area contributed by atoms with Gasteiger partial charge in [-0.05, 0) is 70.5 Å². The van der Waals surface area contributed by atoms with Crippen molar-refractivity contribution in [1.82, 2.24) is 4.90 Å². The van der Waals surface area contributed by atoms with Crippen molar-refractivity contribution >= 4 is 57.8 Å². The molecule has 176 valence electrons. The summed E-state index contributed by atoms with van der Waals surface area (Å²) in [5, 5.41) is 20.7. The predicted octanol–water partition coefficient (Wildman–Crippen LogP) is 5.83. The molecule has 1 amide bonds. The number of aryl methyl sites for hydroxylation is 1. The number of thioether (sulfide) groups is 1. The molecule has 0 radical (unpaired) electrons. The molecule has 1 aliphatic rings. The first-order valence-corrected chi connectivity index (χ1v) is 12.9. The number of amides is 1. The van der Waals surface area contributed by atoms with E-state index in [0.717, 1.165) is 30.7 Å². The average Bonchev–Trinajstić information content (AvgIpc) is 3.08. The highest BCUT2D eigenvalue weighted by Gasteiger charge is 2.59. The molecule has 1 saturated heterocycles. The Hall–Kier alpha value is -2.07. The van der Waals surface area contributed by atoms with Gasteiger partial charge in [0.25, 0.3) is 0 Å². The molecule has 3 aromatic carbocycles. The molecule has 1 aliphatic heterocycles. The highest BCUT2D eigenvalue weighted by molar-refractivity contribution is 14.1. The van der Waals surface area contributed by atoms with Gasteiger partial charge in [0.1, 0.15) is 0 Å². The van der Waals surface area contributed by atoms with E-state index in [4.69, 9.17) is 11.6 Å². The maximum atomic E-state index is 13.4. The molecule has 0 aromatic heterocycles. The third kappa shape index (κ3) is 4.84. The second kappa shape index (κ2) is 10.3. The van der Waals surface area contributed by atoms with Crippen LogP contribution in [0.15, 0.2) is 71.6 Å². The van der Waals surface area contributed by atoms with Gasteiger partial charge in [0.2, 0.25) is 5.91 Å². The minimum atomic E-state index is -1.44. The number of benzene rings is 3. The average molecular weight is 608 g/mol. The van der Waals surface area contributed by atoms with Gasteiger partial charge in [-0.3, -0.25) is 9.59 Å². The van der Waals surface area contributed by atoms with Crippen LogP contribution in [0, 0.1) is 10.5 Å². The molecule has 5 nitrogen and oxygen atoms in total. The van der Waals surface area contributed by atoms with Crippen LogP contribution in [0.3, 0.4) is 0 Å². The summed E-state index contributed by atoms with van der Waals surface area (Å²) in [4.78, 5) is 28.8. The minimum absolute atomic E-state index is 0.120. The second-order valence-electron chi connectivity index (χ2n) is 8.32. The summed E-state index contributed by atoms with van der Waals surface area (Å²) in [6.45, 7) is 2.05. The van der Waals surface area contributed by atoms with Crippen LogP contribution in [0.1, 0.15) is 34.7 Å². The molecule has 34 heavy (non-hydrogen) atoms. The number of carbonyl (C=O) groups is 2. The molecule has 2 atom stereocenters. The molecular formula is C26H23ClINO4S. The second-order valence-corrected chi connectivity index (χ2v) is 11.3. The van der Waals surface area contributed by atoms with Crippen molar-refractivity contribution in [1.29, 1.82) is 0 Å². The normalized spacial score (nSPS) is 20.1.